The van der Waals surface area contributed by atoms with E-state index in [0.29, 0.717) is 11.1 Å². The first-order valence-corrected chi connectivity index (χ1v) is 13.6. The topological polar surface area (TPSA) is 87.3 Å². The Balaban J connectivity index is 1.57. The molecule has 3 aromatic carbocycles. The van der Waals surface area contributed by atoms with Crippen molar-refractivity contribution in [3.63, 3.8) is 0 Å². The number of nitrogens with one attached hydrogen (secondary N) is 3. The molecule has 0 saturated heterocycles. The number of benzene rings is 3. The third-order valence-electron chi connectivity index (χ3n) is 6.11. The molecule has 4 rings (SSSR count). The van der Waals surface area contributed by atoms with Crippen LogP contribution >= 0.6 is 69.6 Å². The minimum absolute atomic E-state index is 0.0267. The highest BCUT2D eigenvalue weighted by atomic mass is 35.5. The van der Waals surface area contributed by atoms with Crippen molar-refractivity contribution in [3.8, 4) is 0 Å². The Morgan fingerprint density at radius 1 is 0.875 bits per heavy atom. The van der Waals surface area contributed by atoms with Crippen molar-refractivity contribution in [2.75, 3.05) is 16.0 Å². The van der Waals surface area contributed by atoms with E-state index >= 15 is 0 Å². The van der Waals surface area contributed by atoms with Crippen LogP contribution in [0.1, 0.15) is 34.3 Å². The van der Waals surface area contributed by atoms with Crippen LogP contribution in [0.15, 0.2) is 36.4 Å². The van der Waals surface area contributed by atoms with Crippen molar-refractivity contribution >= 4 is 104 Å². The van der Waals surface area contributed by atoms with E-state index in [-0.39, 0.29) is 31.3 Å². The van der Waals surface area contributed by atoms with Gasteiger partial charge in [-0.15, -0.1) is 23.2 Å². The predicted molar refractivity (Wildman–Crippen MR) is 156 cm³/mol. The molecule has 1 saturated carbocycles. The van der Waals surface area contributed by atoms with Crippen molar-refractivity contribution in [1.82, 2.24) is 0 Å². The number of aryl methyl sites for hydroxylation is 1. The van der Waals surface area contributed by atoms with Gasteiger partial charge in [0.2, 0.25) is 11.8 Å². The summed E-state index contributed by atoms with van der Waals surface area (Å²) in [7, 11) is 0. The van der Waals surface area contributed by atoms with E-state index in [9.17, 15) is 23.2 Å². The molecule has 0 aliphatic heterocycles. The van der Waals surface area contributed by atoms with Gasteiger partial charge >= 0.3 is 0 Å². The zero-order valence-electron chi connectivity index (χ0n) is 20.4. The summed E-state index contributed by atoms with van der Waals surface area (Å²) in [6.07, 6.45) is 0. The summed E-state index contributed by atoms with van der Waals surface area (Å²) in [5, 5.41) is 7.52. The number of alkyl halides is 2. The summed E-state index contributed by atoms with van der Waals surface area (Å²) in [5.41, 5.74) is -0.146. The van der Waals surface area contributed by atoms with Crippen molar-refractivity contribution < 1.29 is 23.2 Å². The summed E-state index contributed by atoms with van der Waals surface area (Å²) < 4.78 is 27.3. The molecule has 40 heavy (non-hydrogen) atoms. The summed E-state index contributed by atoms with van der Waals surface area (Å²) in [6.45, 7) is 2.67. The van der Waals surface area contributed by atoms with Crippen LogP contribution in [-0.4, -0.2) is 22.1 Å². The Morgan fingerprint density at radius 2 is 1.50 bits per heavy atom. The molecular formula is C26H17Cl6F2N3O3. The molecule has 3 aromatic rings. The van der Waals surface area contributed by atoms with Gasteiger partial charge in [-0.1, -0.05) is 46.4 Å². The number of rotatable bonds is 6. The molecular weight excluding hydrogens is 653 g/mol. The molecule has 2 atom stereocenters. The van der Waals surface area contributed by atoms with Crippen LogP contribution in [0, 0.1) is 24.5 Å². The summed E-state index contributed by atoms with van der Waals surface area (Å²) in [4.78, 5) is 37.5. The third-order valence-corrected chi connectivity index (χ3v) is 8.75. The van der Waals surface area contributed by atoms with E-state index in [1.807, 2.05) is 5.32 Å². The molecule has 1 aliphatic rings. The highest BCUT2D eigenvalue weighted by molar-refractivity contribution is 6.54. The number of anilines is 3. The maximum absolute atomic E-state index is 14.8. The van der Waals surface area contributed by atoms with Crippen molar-refractivity contribution in [2.24, 2.45) is 5.92 Å². The molecule has 1 fully saturated rings. The molecule has 210 valence electrons. The zero-order chi connectivity index (χ0) is 29.7. The lowest BCUT2D eigenvalue weighted by molar-refractivity contribution is -0.117. The van der Waals surface area contributed by atoms with Gasteiger partial charge < -0.3 is 16.0 Å². The summed E-state index contributed by atoms with van der Waals surface area (Å²) >= 11 is 37.4. The van der Waals surface area contributed by atoms with Crippen LogP contribution in [0.25, 0.3) is 0 Å². The normalized spacial score (nSPS) is 17.2. The van der Waals surface area contributed by atoms with E-state index in [0.717, 1.165) is 19.1 Å². The van der Waals surface area contributed by atoms with E-state index in [4.69, 9.17) is 69.6 Å². The number of hydrogen-bond acceptors (Lipinski definition) is 3. The number of halogens is 8. The van der Waals surface area contributed by atoms with E-state index < -0.39 is 56.9 Å². The van der Waals surface area contributed by atoms with Gasteiger partial charge in [0.15, 0.2) is 5.82 Å². The van der Waals surface area contributed by atoms with Gasteiger partial charge in [0.25, 0.3) is 5.91 Å². The molecule has 3 N–H and O–H groups in total. The van der Waals surface area contributed by atoms with Crippen molar-refractivity contribution in [3.05, 3.63) is 84.8 Å². The van der Waals surface area contributed by atoms with Gasteiger partial charge in [0.05, 0.1) is 37.3 Å². The van der Waals surface area contributed by atoms with Gasteiger partial charge in [-0.05, 0) is 54.4 Å². The van der Waals surface area contributed by atoms with Crippen LogP contribution < -0.4 is 16.0 Å². The molecule has 14 heteroatoms. The van der Waals surface area contributed by atoms with Gasteiger partial charge in [-0.2, -0.15) is 0 Å². The molecule has 0 heterocycles. The lowest BCUT2D eigenvalue weighted by Crippen LogP contribution is -2.19. The van der Waals surface area contributed by atoms with E-state index in [1.54, 1.807) is 6.92 Å². The van der Waals surface area contributed by atoms with Crippen LogP contribution in [0.2, 0.25) is 20.1 Å². The number of hydrogen-bond donors (Lipinski definition) is 3. The van der Waals surface area contributed by atoms with Crippen LogP contribution in [-0.2, 0) is 9.59 Å². The molecule has 1 aliphatic carbocycles. The van der Waals surface area contributed by atoms with Gasteiger partial charge in [0.1, 0.15) is 15.8 Å². The highest BCUT2D eigenvalue weighted by Crippen LogP contribution is 2.65. The quantitative estimate of drug-likeness (QED) is 0.181. The largest absolute Gasteiger partial charge is 0.326 e. The maximum Gasteiger partial charge on any atom is 0.257 e. The van der Waals surface area contributed by atoms with Gasteiger partial charge in [-0.3, -0.25) is 14.4 Å². The Kier molecular flexibility index (Phi) is 8.81. The van der Waals surface area contributed by atoms with Gasteiger partial charge in [0, 0.05) is 18.5 Å². The first-order valence-electron chi connectivity index (χ1n) is 11.3. The molecule has 6 nitrogen and oxygen atoms in total. The van der Waals surface area contributed by atoms with Crippen LogP contribution in [0.3, 0.4) is 0 Å². The molecule has 0 aromatic heterocycles. The fourth-order valence-electron chi connectivity index (χ4n) is 4.18. The minimum Gasteiger partial charge on any atom is -0.326 e. The summed E-state index contributed by atoms with van der Waals surface area (Å²) in [6, 6.07) is 7.70. The standard InChI is InChI=1S/C26H17Cl6F2N3O3/c1-9-5-12(36-25(40)19-18(26(19,31)32)11-6-14(27)21(30)15(28)7-11)8-13(20(9)29)24(39)37-17-4-3-16(33)23(22(17)34)35-10(2)38/h3-8,18-19H,1-2H3,(H,35,38)(H,36,40)(H,37,39)/t18-,19+/m0/s1. The highest BCUT2D eigenvalue weighted by Gasteiger charge is 2.67. The fraction of sp³-hybridized carbons (Fsp3) is 0.192. The molecule has 3 amide bonds. The number of amides is 3. The Bertz CT molecular complexity index is 1560. The number of carbonyl (C=O) groups is 3. The monoisotopic (exact) mass is 667 g/mol. The third kappa shape index (κ3) is 5.98. The second-order valence-corrected chi connectivity index (χ2v) is 12.0. The first-order chi connectivity index (χ1) is 18.6. The molecule has 0 radical (unpaired) electrons. The SMILES string of the molecule is CC(=O)Nc1c(F)ccc(NC(=O)c2cc(NC(=O)[C@H]3[C@H](c4cc(Cl)c(Cl)c(Cl)c4)C3(Cl)Cl)cc(C)c2Cl)c1F. The van der Waals surface area contributed by atoms with E-state index in [2.05, 4.69) is 10.6 Å². The molecule has 0 bridgehead atoms. The smallest absolute Gasteiger partial charge is 0.257 e. The average Bonchev–Trinajstić information content (AvgIpc) is 3.45. The predicted octanol–water partition coefficient (Wildman–Crippen LogP) is 8.62. The van der Waals surface area contributed by atoms with Gasteiger partial charge in [-0.25, -0.2) is 8.78 Å². The Hall–Kier alpha value is -2.33. The summed E-state index contributed by atoms with van der Waals surface area (Å²) in [5.74, 6) is -5.90. The van der Waals surface area contributed by atoms with E-state index in [1.165, 1.54) is 24.3 Å². The second-order valence-electron chi connectivity index (χ2n) is 8.99. The first kappa shape index (κ1) is 30.6. The molecule has 0 spiro atoms. The fourth-order valence-corrected chi connectivity index (χ4v) is 5.81. The second kappa shape index (κ2) is 11.5. The molecule has 0 unspecified atom stereocenters. The zero-order valence-corrected chi connectivity index (χ0v) is 24.9. The minimum atomic E-state index is -1.47. The maximum atomic E-state index is 14.8. The lowest BCUT2D eigenvalue weighted by atomic mass is 10.1. The number of carbonyl (C=O) groups excluding carboxylic acids is 3. The van der Waals surface area contributed by atoms with Crippen molar-refractivity contribution in [1.29, 1.82) is 0 Å². The van der Waals surface area contributed by atoms with Crippen molar-refractivity contribution in [2.45, 2.75) is 24.1 Å². The average molecular weight is 670 g/mol. The van der Waals surface area contributed by atoms with Crippen LogP contribution in [0.5, 0.6) is 0 Å². The lowest BCUT2D eigenvalue weighted by Gasteiger charge is -2.14. The Labute approximate surface area is 257 Å². The van der Waals surface area contributed by atoms with Crippen LogP contribution in [0.4, 0.5) is 25.8 Å². The Morgan fingerprint density at radius 3 is 2.10 bits per heavy atom.